The molecule has 4 nitrogen and oxygen atoms in total. The fourth-order valence-corrected chi connectivity index (χ4v) is 2.91. The van der Waals surface area contributed by atoms with Gasteiger partial charge in [0, 0.05) is 11.4 Å². The van der Waals surface area contributed by atoms with Crippen LogP contribution in [0.2, 0.25) is 0 Å². The second-order valence-corrected chi connectivity index (χ2v) is 5.38. The molecule has 5 heteroatoms. The Labute approximate surface area is 105 Å². The highest BCUT2D eigenvalue weighted by Gasteiger charge is 2.22. The summed E-state index contributed by atoms with van der Waals surface area (Å²) in [6, 6.07) is 0.506. The lowest BCUT2D eigenvalue weighted by atomic mass is 10.1. The Kier molecular flexibility index (Phi) is 3.99. The molecule has 94 valence electrons. The summed E-state index contributed by atoms with van der Waals surface area (Å²) in [7, 11) is 0. The van der Waals surface area contributed by atoms with Crippen LogP contribution in [-0.4, -0.2) is 23.6 Å². The van der Waals surface area contributed by atoms with Crippen LogP contribution < -0.4 is 5.32 Å². The van der Waals surface area contributed by atoms with Gasteiger partial charge >= 0.3 is 5.97 Å². The molecule has 2 atom stereocenters. The van der Waals surface area contributed by atoms with Crippen molar-refractivity contribution in [3.8, 4) is 0 Å². The highest BCUT2D eigenvalue weighted by Crippen LogP contribution is 2.28. The Morgan fingerprint density at radius 1 is 1.65 bits per heavy atom. The molecule has 2 unspecified atom stereocenters. The fraction of sp³-hybridized carbons (Fsp3) is 0.667. The van der Waals surface area contributed by atoms with Crippen LogP contribution in [0.5, 0.6) is 0 Å². The second-order valence-electron chi connectivity index (χ2n) is 4.52. The first kappa shape index (κ1) is 12.4. The van der Waals surface area contributed by atoms with Crippen molar-refractivity contribution in [3.05, 3.63) is 11.1 Å². The first-order valence-corrected chi connectivity index (χ1v) is 6.96. The number of aromatic nitrogens is 1. The summed E-state index contributed by atoms with van der Waals surface area (Å²) >= 11 is 1.47. The summed E-state index contributed by atoms with van der Waals surface area (Å²) in [6.07, 6.45) is 3.65. The quantitative estimate of drug-likeness (QED) is 0.839. The molecule has 0 amide bonds. The van der Waals surface area contributed by atoms with Gasteiger partial charge in [-0.15, -0.1) is 11.3 Å². The van der Waals surface area contributed by atoms with E-state index in [1.165, 1.54) is 30.6 Å². The van der Waals surface area contributed by atoms with E-state index in [0.29, 0.717) is 18.3 Å². The molecule has 1 saturated carbocycles. The topological polar surface area (TPSA) is 51.2 Å². The van der Waals surface area contributed by atoms with Gasteiger partial charge in [0.15, 0.2) is 10.8 Å². The van der Waals surface area contributed by atoms with Crippen LogP contribution in [0.4, 0.5) is 5.13 Å². The summed E-state index contributed by atoms with van der Waals surface area (Å²) in [5, 5.41) is 5.96. The number of esters is 1. The van der Waals surface area contributed by atoms with Gasteiger partial charge in [-0.2, -0.15) is 0 Å². The van der Waals surface area contributed by atoms with Gasteiger partial charge in [0.25, 0.3) is 0 Å². The minimum Gasteiger partial charge on any atom is -0.461 e. The molecular formula is C12H18N2O2S. The van der Waals surface area contributed by atoms with Crippen LogP contribution in [0.25, 0.3) is 0 Å². The van der Waals surface area contributed by atoms with Crippen molar-refractivity contribution in [1.29, 1.82) is 0 Å². The number of nitrogens with zero attached hydrogens (tertiary/aromatic N) is 1. The Balaban J connectivity index is 1.92. The minimum atomic E-state index is -0.336. The third-order valence-electron chi connectivity index (χ3n) is 3.01. The molecule has 1 aliphatic rings. The maximum atomic E-state index is 11.4. The standard InChI is InChI=1S/C12H18N2O2S/c1-3-16-11(15)10-7-17-12(14-10)13-9-5-4-8(2)6-9/h7-9H,3-6H2,1-2H3,(H,13,14). The molecule has 0 radical (unpaired) electrons. The summed E-state index contributed by atoms with van der Waals surface area (Å²) in [5.74, 6) is 0.452. The zero-order valence-electron chi connectivity index (χ0n) is 10.2. The van der Waals surface area contributed by atoms with Crippen molar-refractivity contribution in [2.24, 2.45) is 5.92 Å². The number of ether oxygens (including phenoxy) is 1. The zero-order valence-corrected chi connectivity index (χ0v) is 11.0. The van der Waals surface area contributed by atoms with Crippen molar-refractivity contribution >= 4 is 22.4 Å². The third-order valence-corrected chi connectivity index (χ3v) is 3.78. The molecule has 17 heavy (non-hydrogen) atoms. The molecule has 0 aliphatic heterocycles. The molecule has 2 rings (SSSR count). The average Bonchev–Trinajstić information content (AvgIpc) is 2.89. The Morgan fingerprint density at radius 3 is 3.12 bits per heavy atom. The monoisotopic (exact) mass is 254 g/mol. The maximum absolute atomic E-state index is 11.4. The second kappa shape index (κ2) is 5.49. The molecule has 1 aliphatic carbocycles. The number of rotatable bonds is 4. The van der Waals surface area contributed by atoms with Gasteiger partial charge in [0.2, 0.25) is 0 Å². The first-order chi connectivity index (χ1) is 8.19. The number of nitrogens with one attached hydrogen (secondary N) is 1. The van der Waals surface area contributed by atoms with Gasteiger partial charge in [-0.25, -0.2) is 9.78 Å². The number of hydrogen-bond donors (Lipinski definition) is 1. The number of carbonyl (C=O) groups excluding carboxylic acids is 1. The Hall–Kier alpha value is -1.10. The normalized spacial score (nSPS) is 23.6. The van der Waals surface area contributed by atoms with Crippen molar-refractivity contribution in [2.45, 2.75) is 39.2 Å². The lowest BCUT2D eigenvalue weighted by Crippen LogP contribution is -2.15. The molecule has 1 aromatic heterocycles. The van der Waals surface area contributed by atoms with Gasteiger partial charge in [-0.3, -0.25) is 0 Å². The van der Waals surface area contributed by atoms with Gasteiger partial charge in [-0.05, 0) is 32.1 Å². The van der Waals surface area contributed by atoms with Crippen molar-refractivity contribution < 1.29 is 9.53 Å². The van der Waals surface area contributed by atoms with Crippen LogP contribution >= 0.6 is 11.3 Å². The van der Waals surface area contributed by atoms with E-state index in [9.17, 15) is 4.79 Å². The van der Waals surface area contributed by atoms with Crippen LogP contribution in [-0.2, 0) is 4.74 Å². The Bertz CT molecular complexity index is 392. The minimum absolute atomic E-state index is 0.336. The summed E-state index contributed by atoms with van der Waals surface area (Å²) in [5.41, 5.74) is 0.408. The van der Waals surface area contributed by atoms with Crippen molar-refractivity contribution in [3.63, 3.8) is 0 Å². The predicted octanol–water partition coefficient (Wildman–Crippen LogP) is 2.92. The molecule has 1 fully saturated rings. The molecule has 1 aromatic rings. The van der Waals surface area contributed by atoms with Gasteiger partial charge < -0.3 is 10.1 Å². The highest BCUT2D eigenvalue weighted by molar-refractivity contribution is 7.13. The van der Waals surface area contributed by atoms with E-state index in [-0.39, 0.29) is 5.97 Å². The van der Waals surface area contributed by atoms with Gasteiger partial charge in [-0.1, -0.05) is 6.92 Å². The van der Waals surface area contributed by atoms with Crippen LogP contribution in [0.15, 0.2) is 5.38 Å². The molecular weight excluding hydrogens is 236 g/mol. The summed E-state index contributed by atoms with van der Waals surface area (Å²) in [4.78, 5) is 15.7. The number of hydrogen-bond acceptors (Lipinski definition) is 5. The van der Waals surface area contributed by atoms with Crippen LogP contribution in [0.1, 0.15) is 43.6 Å². The molecule has 0 bridgehead atoms. The molecule has 0 saturated heterocycles. The third kappa shape index (κ3) is 3.19. The van der Waals surface area contributed by atoms with Crippen LogP contribution in [0, 0.1) is 5.92 Å². The predicted molar refractivity (Wildman–Crippen MR) is 68.5 cm³/mol. The molecule has 1 heterocycles. The van der Waals surface area contributed by atoms with E-state index >= 15 is 0 Å². The van der Waals surface area contributed by atoms with Crippen molar-refractivity contribution in [1.82, 2.24) is 4.98 Å². The lowest BCUT2D eigenvalue weighted by molar-refractivity contribution is 0.0520. The number of carbonyl (C=O) groups is 1. The largest absolute Gasteiger partial charge is 0.461 e. The molecule has 1 N–H and O–H groups in total. The van der Waals surface area contributed by atoms with E-state index < -0.39 is 0 Å². The summed E-state index contributed by atoms with van der Waals surface area (Å²) < 4.78 is 4.91. The number of thiazole rings is 1. The van der Waals surface area contributed by atoms with Crippen LogP contribution in [0.3, 0.4) is 0 Å². The smallest absolute Gasteiger partial charge is 0.357 e. The zero-order chi connectivity index (χ0) is 12.3. The van der Waals surface area contributed by atoms with E-state index in [1.54, 1.807) is 12.3 Å². The lowest BCUT2D eigenvalue weighted by Gasteiger charge is -2.10. The SMILES string of the molecule is CCOC(=O)c1csc(NC2CCC(C)C2)n1. The molecule has 0 aromatic carbocycles. The maximum Gasteiger partial charge on any atom is 0.357 e. The average molecular weight is 254 g/mol. The number of anilines is 1. The van der Waals surface area contributed by atoms with Gasteiger partial charge in [0.05, 0.1) is 6.61 Å². The van der Waals surface area contributed by atoms with E-state index in [0.717, 1.165) is 11.0 Å². The Morgan fingerprint density at radius 2 is 2.47 bits per heavy atom. The summed E-state index contributed by atoms with van der Waals surface area (Å²) in [6.45, 7) is 4.45. The highest BCUT2D eigenvalue weighted by atomic mass is 32.1. The first-order valence-electron chi connectivity index (χ1n) is 6.08. The molecule has 0 spiro atoms. The van der Waals surface area contributed by atoms with Crippen molar-refractivity contribution in [2.75, 3.05) is 11.9 Å². The van der Waals surface area contributed by atoms with E-state index in [2.05, 4.69) is 17.2 Å². The van der Waals surface area contributed by atoms with E-state index in [1.807, 2.05) is 0 Å². The van der Waals surface area contributed by atoms with Gasteiger partial charge in [0.1, 0.15) is 0 Å². The van der Waals surface area contributed by atoms with E-state index in [4.69, 9.17) is 4.74 Å². The fourth-order valence-electron chi connectivity index (χ4n) is 2.15.